The molecule has 0 fully saturated rings. The summed E-state index contributed by atoms with van der Waals surface area (Å²) in [5.74, 6) is -0.840. The highest BCUT2D eigenvalue weighted by Crippen LogP contribution is 1.94. The van der Waals surface area contributed by atoms with Crippen LogP contribution in [0.4, 0.5) is 0 Å². The van der Waals surface area contributed by atoms with Gasteiger partial charge in [0.05, 0.1) is 6.61 Å². The van der Waals surface area contributed by atoms with Gasteiger partial charge in [0.2, 0.25) is 0 Å². The summed E-state index contributed by atoms with van der Waals surface area (Å²) < 4.78 is 0. The Bertz CT molecular complexity index is 104. The molecule has 0 spiro atoms. The van der Waals surface area contributed by atoms with Gasteiger partial charge in [0.1, 0.15) is 12.2 Å². The molecule has 3 N–H and O–H groups in total. The minimum absolute atomic E-state index is 0.0457. The fraction of sp³-hybridized carbons (Fsp3) is 0.800. The summed E-state index contributed by atoms with van der Waals surface area (Å²) in [4.78, 5) is 10.6. The van der Waals surface area contributed by atoms with Crippen LogP contribution in [0.3, 0.4) is 0 Å². The normalized spacial score (nSPS) is 16.4. The second-order valence-corrected chi connectivity index (χ2v) is 2.16. The van der Waals surface area contributed by atoms with E-state index in [0.29, 0.717) is 0 Å². The lowest BCUT2D eigenvalue weighted by Crippen LogP contribution is -2.35. The summed E-state index contributed by atoms with van der Waals surface area (Å²) in [5, 5.41) is 25.6. The number of aliphatic hydroxyl groups excluding tert-OH is 3. The molecule has 2 atom stereocenters. The Labute approximate surface area is 63.9 Å². The Morgan fingerprint density at radius 1 is 1.40 bits per heavy atom. The second kappa shape index (κ2) is 4.68. The second-order valence-electron chi connectivity index (χ2n) is 1.80. The van der Waals surface area contributed by atoms with Gasteiger partial charge in [-0.2, -0.15) is 12.6 Å². The Hall–Kier alpha value is -0.100. The molecule has 0 rings (SSSR count). The Morgan fingerprint density at radius 3 is 2.20 bits per heavy atom. The van der Waals surface area contributed by atoms with Crippen molar-refractivity contribution >= 4 is 18.4 Å². The van der Waals surface area contributed by atoms with Crippen LogP contribution >= 0.6 is 12.6 Å². The van der Waals surface area contributed by atoms with E-state index in [1.165, 1.54) is 0 Å². The molecule has 0 aromatic carbocycles. The average molecular weight is 166 g/mol. The van der Waals surface area contributed by atoms with E-state index >= 15 is 0 Å². The van der Waals surface area contributed by atoms with Gasteiger partial charge in [0, 0.05) is 5.75 Å². The summed E-state index contributed by atoms with van der Waals surface area (Å²) in [6.07, 6.45) is -2.77. The monoisotopic (exact) mass is 166 g/mol. The molecular formula is C5H10O4S. The number of hydrogen-bond donors (Lipinski definition) is 4. The third-order valence-electron chi connectivity index (χ3n) is 1.00. The van der Waals surface area contributed by atoms with Crippen molar-refractivity contribution in [3.8, 4) is 0 Å². The zero-order chi connectivity index (χ0) is 8.15. The highest BCUT2D eigenvalue weighted by Gasteiger charge is 2.20. The highest BCUT2D eigenvalue weighted by atomic mass is 32.1. The van der Waals surface area contributed by atoms with Crippen molar-refractivity contribution < 1.29 is 20.1 Å². The van der Waals surface area contributed by atoms with E-state index in [1.54, 1.807) is 0 Å². The SMILES string of the molecule is O=C([C@H](O)CO)[C@H](O)CS. The quantitative estimate of drug-likeness (QED) is 0.372. The predicted octanol–water partition coefficient (Wildman–Crippen LogP) is -1.80. The van der Waals surface area contributed by atoms with Gasteiger partial charge in [0.15, 0.2) is 5.78 Å². The third kappa shape index (κ3) is 2.66. The summed E-state index contributed by atoms with van der Waals surface area (Å²) >= 11 is 3.62. The molecule has 0 aromatic heterocycles. The van der Waals surface area contributed by atoms with Gasteiger partial charge < -0.3 is 15.3 Å². The smallest absolute Gasteiger partial charge is 0.192 e. The van der Waals surface area contributed by atoms with Gasteiger partial charge in [-0.05, 0) is 0 Å². The summed E-state index contributed by atoms with van der Waals surface area (Å²) in [6, 6.07) is 0. The van der Waals surface area contributed by atoms with E-state index in [-0.39, 0.29) is 5.75 Å². The Balaban J connectivity index is 3.82. The maximum absolute atomic E-state index is 10.6. The number of ketones is 1. The maximum atomic E-state index is 10.6. The zero-order valence-electron chi connectivity index (χ0n) is 5.27. The first-order valence-electron chi connectivity index (χ1n) is 2.75. The van der Waals surface area contributed by atoms with E-state index < -0.39 is 24.6 Å². The summed E-state index contributed by atoms with van der Waals surface area (Å²) in [5.41, 5.74) is 0. The number of Topliss-reactive ketones (excluding diaryl/α,β-unsaturated/α-hetero) is 1. The van der Waals surface area contributed by atoms with E-state index in [2.05, 4.69) is 12.6 Å². The first-order valence-corrected chi connectivity index (χ1v) is 3.38. The van der Waals surface area contributed by atoms with E-state index in [1.807, 2.05) is 0 Å². The largest absolute Gasteiger partial charge is 0.393 e. The minimum atomic E-state index is -1.48. The lowest BCUT2D eigenvalue weighted by molar-refractivity contribution is -0.136. The molecule has 0 aliphatic rings. The number of rotatable bonds is 4. The maximum Gasteiger partial charge on any atom is 0.192 e. The molecule has 0 amide bonds. The standard InChI is InChI=1S/C5H10O4S/c6-1-3(7)5(9)4(8)2-10/h3-4,6-8,10H,1-2H2/t3-,4-/m1/s1. The first kappa shape index (κ1) is 9.90. The molecule has 0 heterocycles. The van der Waals surface area contributed by atoms with Crippen molar-refractivity contribution in [2.75, 3.05) is 12.4 Å². The molecule has 0 saturated heterocycles. The Morgan fingerprint density at radius 2 is 1.90 bits per heavy atom. The van der Waals surface area contributed by atoms with Crippen molar-refractivity contribution in [2.45, 2.75) is 12.2 Å². The number of hydrogen-bond acceptors (Lipinski definition) is 5. The van der Waals surface area contributed by atoms with Crippen molar-refractivity contribution in [1.82, 2.24) is 0 Å². The molecule has 0 saturated carbocycles. The number of thiol groups is 1. The summed E-state index contributed by atoms with van der Waals surface area (Å²) in [7, 11) is 0. The van der Waals surface area contributed by atoms with Crippen LogP contribution < -0.4 is 0 Å². The van der Waals surface area contributed by atoms with Crippen molar-refractivity contribution in [2.24, 2.45) is 0 Å². The zero-order valence-corrected chi connectivity index (χ0v) is 6.16. The topological polar surface area (TPSA) is 77.8 Å². The molecule has 0 aliphatic heterocycles. The molecule has 4 nitrogen and oxygen atoms in total. The van der Waals surface area contributed by atoms with Crippen LogP contribution in [0.15, 0.2) is 0 Å². The third-order valence-corrected chi connectivity index (χ3v) is 1.35. The lowest BCUT2D eigenvalue weighted by Gasteiger charge is -2.09. The minimum Gasteiger partial charge on any atom is -0.393 e. The summed E-state index contributed by atoms with van der Waals surface area (Å²) in [6.45, 7) is -0.663. The van der Waals surface area contributed by atoms with E-state index in [0.717, 1.165) is 0 Å². The molecule has 0 unspecified atom stereocenters. The van der Waals surface area contributed by atoms with Crippen molar-refractivity contribution in [1.29, 1.82) is 0 Å². The van der Waals surface area contributed by atoms with Crippen molar-refractivity contribution in [3.05, 3.63) is 0 Å². The molecule has 10 heavy (non-hydrogen) atoms. The molecule has 5 heteroatoms. The molecule has 60 valence electrons. The van der Waals surface area contributed by atoms with Gasteiger partial charge in [0.25, 0.3) is 0 Å². The molecular weight excluding hydrogens is 156 g/mol. The molecule has 0 radical (unpaired) electrons. The average Bonchev–Trinajstić information content (AvgIpc) is 2.00. The fourth-order valence-corrected chi connectivity index (χ4v) is 0.582. The van der Waals surface area contributed by atoms with Crippen LogP contribution in [0, 0.1) is 0 Å². The van der Waals surface area contributed by atoms with Gasteiger partial charge >= 0.3 is 0 Å². The van der Waals surface area contributed by atoms with Crippen LogP contribution in [-0.2, 0) is 4.79 Å². The highest BCUT2D eigenvalue weighted by molar-refractivity contribution is 7.80. The van der Waals surface area contributed by atoms with Crippen LogP contribution in [-0.4, -0.2) is 45.7 Å². The van der Waals surface area contributed by atoms with E-state index in [4.69, 9.17) is 15.3 Å². The number of carbonyl (C=O) groups is 1. The first-order chi connectivity index (χ1) is 4.63. The molecule has 0 aromatic rings. The number of aliphatic hydroxyl groups is 3. The van der Waals surface area contributed by atoms with Gasteiger partial charge in [-0.1, -0.05) is 0 Å². The van der Waals surface area contributed by atoms with Crippen LogP contribution in [0.1, 0.15) is 0 Å². The molecule has 0 bridgehead atoms. The number of carbonyl (C=O) groups excluding carboxylic acids is 1. The lowest BCUT2D eigenvalue weighted by atomic mass is 10.1. The van der Waals surface area contributed by atoms with Gasteiger partial charge in [-0.15, -0.1) is 0 Å². The van der Waals surface area contributed by atoms with Gasteiger partial charge in [-0.3, -0.25) is 4.79 Å². The predicted molar refractivity (Wildman–Crippen MR) is 38.0 cm³/mol. The van der Waals surface area contributed by atoms with Gasteiger partial charge in [-0.25, -0.2) is 0 Å². The van der Waals surface area contributed by atoms with Crippen molar-refractivity contribution in [3.63, 3.8) is 0 Å². The van der Waals surface area contributed by atoms with E-state index in [9.17, 15) is 4.79 Å². The van der Waals surface area contributed by atoms with Crippen LogP contribution in [0.25, 0.3) is 0 Å². The fourth-order valence-electron chi connectivity index (χ4n) is 0.402. The Kier molecular flexibility index (Phi) is 4.63. The van der Waals surface area contributed by atoms with Crippen LogP contribution in [0.5, 0.6) is 0 Å². The van der Waals surface area contributed by atoms with Crippen LogP contribution in [0.2, 0.25) is 0 Å². The molecule has 0 aliphatic carbocycles.